The van der Waals surface area contributed by atoms with Gasteiger partial charge in [0.15, 0.2) is 30.9 Å². The van der Waals surface area contributed by atoms with E-state index in [1.54, 1.807) is 78.9 Å². The zero-order valence-electron chi connectivity index (χ0n) is 31.6. The number of nitrogens with one attached hydrogen (secondary N) is 1. The van der Waals surface area contributed by atoms with E-state index >= 15 is 0 Å². The SMILES string of the molecule is COC(=O)[C@@H]1O[C@@H](O[C@H]2[C@H](OC(C)=O)[C@@H](NC(=O)OCc3ccccc3)[C@@H](OC)O[C@@H]2COC(C)=O)[C@H](OC(=O)c2ccccc2)[C@@H](OCc2ccccc2)[C@@H]1O. The third-order valence-electron chi connectivity index (χ3n) is 8.91. The lowest BCUT2D eigenvalue weighted by atomic mass is 9.95. The van der Waals surface area contributed by atoms with Crippen LogP contribution in [-0.4, -0.2) is 117 Å². The van der Waals surface area contributed by atoms with Gasteiger partial charge in [0.25, 0.3) is 0 Å². The van der Waals surface area contributed by atoms with Crippen molar-refractivity contribution in [3.05, 3.63) is 108 Å². The third-order valence-corrected chi connectivity index (χ3v) is 8.91. The molecule has 5 rings (SSSR count). The van der Waals surface area contributed by atoms with Gasteiger partial charge in [0.1, 0.15) is 43.7 Å². The number of aliphatic hydroxyl groups excluding tert-OH is 1. The molecule has 2 fully saturated rings. The molecule has 2 aliphatic rings. The number of carbonyl (C=O) groups is 5. The molecule has 1 amide bonds. The number of hydrogen-bond acceptors (Lipinski definition) is 16. The van der Waals surface area contributed by atoms with Gasteiger partial charge in [-0.3, -0.25) is 9.59 Å². The van der Waals surface area contributed by atoms with Crippen molar-refractivity contribution in [1.29, 1.82) is 0 Å². The summed E-state index contributed by atoms with van der Waals surface area (Å²) >= 11 is 0. The molecule has 57 heavy (non-hydrogen) atoms. The van der Waals surface area contributed by atoms with Gasteiger partial charge in [0.2, 0.25) is 0 Å². The lowest BCUT2D eigenvalue weighted by Gasteiger charge is -2.48. The predicted molar refractivity (Wildman–Crippen MR) is 194 cm³/mol. The highest BCUT2D eigenvalue weighted by atomic mass is 16.8. The summed E-state index contributed by atoms with van der Waals surface area (Å²) in [6, 6.07) is 24.3. The van der Waals surface area contributed by atoms with Crippen LogP contribution in [0.25, 0.3) is 0 Å². The number of benzene rings is 3. The van der Waals surface area contributed by atoms with Crippen LogP contribution in [0.5, 0.6) is 0 Å². The van der Waals surface area contributed by atoms with Gasteiger partial charge >= 0.3 is 30.0 Å². The van der Waals surface area contributed by atoms with E-state index < -0.39 is 97.9 Å². The fraction of sp³-hybridized carbons (Fsp3) is 0.425. The van der Waals surface area contributed by atoms with Crippen LogP contribution in [0.15, 0.2) is 91.0 Å². The fourth-order valence-corrected chi connectivity index (χ4v) is 6.24. The minimum absolute atomic E-state index is 0.114. The maximum Gasteiger partial charge on any atom is 0.407 e. The third kappa shape index (κ3) is 11.6. The monoisotopic (exact) mass is 795 g/mol. The molecule has 17 heteroatoms. The number of aliphatic hydroxyl groups is 1. The molecule has 2 saturated heterocycles. The minimum atomic E-state index is -1.80. The molecule has 0 saturated carbocycles. The Kier molecular flexibility index (Phi) is 15.5. The molecule has 0 unspecified atom stereocenters. The molecule has 10 atom stereocenters. The van der Waals surface area contributed by atoms with Crippen LogP contribution in [0.4, 0.5) is 4.79 Å². The van der Waals surface area contributed by atoms with Crippen LogP contribution < -0.4 is 5.32 Å². The summed E-state index contributed by atoms with van der Waals surface area (Å²) in [5, 5.41) is 14.2. The van der Waals surface area contributed by atoms with E-state index in [9.17, 15) is 29.1 Å². The summed E-state index contributed by atoms with van der Waals surface area (Å²) in [7, 11) is 2.35. The summed E-state index contributed by atoms with van der Waals surface area (Å²) in [6.45, 7) is 1.54. The molecule has 306 valence electrons. The molecule has 17 nitrogen and oxygen atoms in total. The molecular weight excluding hydrogens is 750 g/mol. The molecule has 0 bridgehead atoms. The quantitative estimate of drug-likeness (QED) is 0.167. The number of carbonyl (C=O) groups excluding carboxylic acids is 5. The highest BCUT2D eigenvalue weighted by Gasteiger charge is 2.56. The first-order valence-corrected chi connectivity index (χ1v) is 17.9. The van der Waals surface area contributed by atoms with Crippen molar-refractivity contribution < 1.29 is 76.4 Å². The van der Waals surface area contributed by atoms with E-state index in [-0.39, 0.29) is 18.8 Å². The Bertz CT molecular complexity index is 1780. The van der Waals surface area contributed by atoms with E-state index in [1.165, 1.54) is 19.2 Å². The summed E-state index contributed by atoms with van der Waals surface area (Å²) in [5.41, 5.74) is 1.48. The van der Waals surface area contributed by atoms with E-state index in [0.29, 0.717) is 11.1 Å². The number of methoxy groups -OCH3 is 2. The van der Waals surface area contributed by atoms with Crippen molar-refractivity contribution in [2.24, 2.45) is 0 Å². The second kappa shape index (κ2) is 20.7. The zero-order valence-corrected chi connectivity index (χ0v) is 31.6. The van der Waals surface area contributed by atoms with Crippen LogP contribution in [-0.2, 0) is 75.0 Å². The smallest absolute Gasteiger partial charge is 0.407 e. The lowest BCUT2D eigenvalue weighted by Crippen LogP contribution is -2.69. The highest BCUT2D eigenvalue weighted by Crippen LogP contribution is 2.34. The molecule has 2 N–H and O–H groups in total. The molecule has 0 radical (unpaired) electrons. The van der Waals surface area contributed by atoms with Crippen molar-refractivity contribution >= 4 is 30.0 Å². The van der Waals surface area contributed by atoms with Gasteiger partial charge in [-0.25, -0.2) is 14.4 Å². The van der Waals surface area contributed by atoms with Crippen molar-refractivity contribution in [3.8, 4) is 0 Å². The Balaban J connectivity index is 1.53. The molecule has 3 aromatic carbocycles. The van der Waals surface area contributed by atoms with Crippen LogP contribution in [0.2, 0.25) is 0 Å². The number of rotatable bonds is 15. The number of amides is 1. The number of hydrogen-bond donors (Lipinski definition) is 2. The second-order valence-corrected chi connectivity index (χ2v) is 12.9. The predicted octanol–water partition coefficient (Wildman–Crippen LogP) is 2.60. The van der Waals surface area contributed by atoms with Gasteiger partial charge in [-0.2, -0.15) is 0 Å². The number of ether oxygens (including phenoxy) is 10. The second-order valence-electron chi connectivity index (χ2n) is 12.9. The summed E-state index contributed by atoms with van der Waals surface area (Å²) in [5.74, 6) is -3.43. The summed E-state index contributed by atoms with van der Waals surface area (Å²) in [6.07, 6.45) is -15.1. The number of esters is 4. The highest BCUT2D eigenvalue weighted by molar-refractivity contribution is 5.89. The van der Waals surface area contributed by atoms with E-state index in [1.807, 2.05) is 0 Å². The Morgan fingerprint density at radius 3 is 1.88 bits per heavy atom. The number of alkyl carbamates (subject to hydrolysis) is 1. The van der Waals surface area contributed by atoms with Crippen LogP contribution in [0.1, 0.15) is 35.3 Å². The van der Waals surface area contributed by atoms with Crippen molar-refractivity contribution in [2.75, 3.05) is 20.8 Å². The standard InChI is InChI=1S/C40H45NO16/c1-23(42)50-22-28-31(32(53-24(2)43)29(38(49-4)54-28)41-40(47)52-21-26-16-10-6-11-17-26)56-39-35(55-36(45)27-18-12-7-13-19-27)33(30(44)34(57-39)37(46)48-3)51-20-25-14-8-5-9-15-25/h5-19,28-35,38-39,44H,20-22H2,1-4H3,(H,41,47)/t28-,29-,30+,31-,32-,33+,34-,35-,38+,39-/m1/s1. The van der Waals surface area contributed by atoms with Gasteiger partial charge in [-0.15, -0.1) is 0 Å². The topological polar surface area (TPSA) is 210 Å². The van der Waals surface area contributed by atoms with E-state index in [4.69, 9.17) is 47.4 Å². The minimum Gasteiger partial charge on any atom is -0.467 e. The summed E-state index contributed by atoms with van der Waals surface area (Å²) in [4.78, 5) is 64.7. The molecule has 0 aromatic heterocycles. The Morgan fingerprint density at radius 2 is 1.30 bits per heavy atom. The van der Waals surface area contributed by atoms with E-state index in [2.05, 4.69) is 5.32 Å². The van der Waals surface area contributed by atoms with Gasteiger partial charge in [0.05, 0.1) is 19.3 Å². The van der Waals surface area contributed by atoms with Gasteiger partial charge in [-0.1, -0.05) is 78.9 Å². The Morgan fingerprint density at radius 1 is 0.684 bits per heavy atom. The zero-order chi connectivity index (χ0) is 40.9. The Labute approximate surface area is 328 Å². The first-order valence-electron chi connectivity index (χ1n) is 17.9. The van der Waals surface area contributed by atoms with Crippen molar-refractivity contribution in [1.82, 2.24) is 5.32 Å². The molecule has 2 aliphatic heterocycles. The summed E-state index contributed by atoms with van der Waals surface area (Å²) < 4.78 is 57.7. The molecular formula is C40H45NO16. The first-order chi connectivity index (χ1) is 27.5. The maximum atomic E-state index is 13.6. The lowest BCUT2D eigenvalue weighted by molar-refractivity contribution is -0.345. The van der Waals surface area contributed by atoms with Crippen LogP contribution in [0.3, 0.4) is 0 Å². The van der Waals surface area contributed by atoms with Gasteiger partial charge in [-0.05, 0) is 23.3 Å². The fourth-order valence-electron chi connectivity index (χ4n) is 6.24. The first kappa shape index (κ1) is 42.7. The van der Waals surface area contributed by atoms with Crippen molar-refractivity contribution in [2.45, 2.75) is 88.4 Å². The molecule has 2 heterocycles. The average molecular weight is 796 g/mol. The Hall–Kier alpha value is -5.43. The van der Waals surface area contributed by atoms with Gasteiger partial charge < -0.3 is 57.8 Å². The van der Waals surface area contributed by atoms with Crippen LogP contribution >= 0.6 is 0 Å². The largest absolute Gasteiger partial charge is 0.467 e. The average Bonchev–Trinajstić information content (AvgIpc) is 3.21. The molecule has 3 aromatic rings. The van der Waals surface area contributed by atoms with E-state index in [0.717, 1.165) is 21.0 Å². The molecule has 0 aliphatic carbocycles. The maximum absolute atomic E-state index is 13.6. The molecule has 0 spiro atoms. The van der Waals surface area contributed by atoms with Crippen LogP contribution in [0, 0.1) is 0 Å². The normalized spacial score (nSPS) is 27.0. The van der Waals surface area contributed by atoms with Gasteiger partial charge in [0, 0.05) is 21.0 Å². The van der Waals surface area contributed by atoms with Crippen molar-refractivity contribution in [3.63, 3.8) is 0 Å².